The first-order chi connectivity index (χ1) is 12.9. The van der Waals surface area contributed by atoms with Gasteiger partial charge < -0.3 is 13.9 Å². The van der Waals surface area contributed by atoms with E-state index in [1.807, 2.05) is 13.0 Å². The SMILES string of the molecule is CCOC(=O)C(C)Oc1c(-c2ccc(Cl)cc2)oc2ccc(C)cc2c1=O. The van der Waals surface area contributed by atoms with Gasteiger partial charge in [-0.05, 0) is 57.2 Å². The molecule has 0 saturated carbocycles. The van der Waals surface area contributed by atoms with Crippen LogP contribution >= 0.6 is 11.6 Å². The van der Waals surface area contributed by atoms with Crippen molar-refractivity contribution in [2.24, 2.45) is 0 Å². The van der Waals surface area contributed by atoms with Crippen molar-refractivity contribution in [2.45, 2.75) is 26.9 Å². The van der Waals surface area contributed by atoms with E-state index in [4.69, 9.17) is 25.5 Å². The maximum atomic E-state index is 13.1. The fourth-order valence-corrected chi connectivity index (χ4v) is 2.80. The quantitative estimate of drug-likeness (QED) is 0.592. The van der Waals surface area contributed by atoms with E-state index in [1.165, 1.54) is 6.92 Å². The number of benzene rings is 2. The Labute approximate surface area is 161 Å². The molecule has 1 unspecified atom stereocenters. The van der Waals surface area contributed by atoms with E-state index in [2.05, 4.69) is 0 Å². The summed E-state index contributed by atoms with van der Waals surface area (Å²) in [6.45, 7) is 5.34. The van der Waals surface area contributed by atoms with Gasteiger partial charge in [-0.1, -0.05) is 23.2 Å². The fourth-order valence-electron chi connectivity index (χ4n) is 2.67. The highest BCUT2D eigenvalue weighted by Crippen LogP contribution is 2.32. The molecule has 0 aliphatic carbocycles. The molecule has 0 saturated heterocycles. The number of hydrogen-bond acceptors (Lipinski definition) is 5. The molecule has 0 bridgehead atoms. The second-order valence-corrected chi connectivity index (χ2v) is 6.54. The van der Waals surface area contributed by atoms with Crippen LogP contribution in [0.5, 0.6) is 5.75 Å². The van der Waals surface area contributed by atoms with Crippen molar-refractivity contribution < 1.29 is 18.7 Å². The van der Waals surface area contributed by atoms with E-state index in [0.717, 1.165) is 5.56 Å². The lowest BCUT2D eigenvalue weighted by molar-refractivity contribution is -0.150. The highest BCUT2D eigenvalue weighted by atomic mass is 35.5. The van der Waals surface area contributed by atoms with Crippen molar-refractivity contribution in [2.75, 3.05) is 6.61 Å². The third kappa shape index (κ3) is 3.98. The monoisotopic (exact) mass is 386 g/mol. The van der Waals surface area contributed by atoms with Gasteiger partial charge in [-0.25, -0.2) is 4.79 Å². The lowest BCUT2D eigenvalue weighted by Crippen LogP contribution is -2.28. The number of aryl methyl sites for hydroxylation is 1. The van der Waals surface area contributed by atoms with Crippen molar-refractivity contribution in [1.82, 2.24) is 0 Å². The molecule has 0 amide bonds. The Bertz CT molecular complexity index is 1040. The van der Waals surface area contributed by atoms with Gasteiger partial charge >= 0.3 is 5.97 Å². The summed E-state index contributed by atoms with van der Waals surface area (Å²) in [6, 6.07) is 12.2. The molecule has 0 aliphatic rings. The van der Waals surface area contributed by atoms with Crippen molar-refractivity contribution in [1.29, 1.82) is 0 Å². The van der Waals surface area contributed by atoms with Crippen molar-refractivity contribution in [3.05, 3.63) is 63.3 Å². The summed E-state index contributed by atoms with van der Waals surface area (Å²) in [5.74, 6) is -0.344. The zero-order valence-corrected chi connectivity index (χ0v) is 16.0. The molecule has 0 aliphatic heterocycles. The predicted octanol–water partition coefficient (Wildman–Crippen LogP) is 4.75. The lowest BCUT2D eigenvalue weighted by Gasteiger charge is -2.16. The summed E-state index contributed by atoms with van der Waals surface area (Å²) in [7, 11) is 0. The van der Waals surface area contributed by atoms with Crippen LogP contribution < -0.4 is 10.2 Å². The van der Waals surface area contributed by atoms with E-state index in [9.17, 15) is 9.59 Å². The first kappa shape index (κ1) is 19.0. The van der Waals surface area contributed by atoms with Gasteiger partial charge in [0.15, 0.2) is 11.9 Å². The van der Waals surface area contributed by atoms with Gasteiger partial charge in [-0.2, -0.15) is 0 Å². The van der Waals surface area contributed by atoms with Crippen molar-refractivity contribution in [3.63, 3.8) is 0 Å². The molecule has 140 valence electrons. The van der Waals surface area contributed by atoms with Gasteiger partial charge in [-0.15, -0.1) is 0 Å². The Hall–Kier alpha value is -2.79. The molecule has 3 rings (SSSR count). The number of hydrogen-bond donors (Lipinski definition) is 0. The van der Waals surface area contributed by atoms with E-state index in [1.54, 1.807) is 43.3 Å². The number of esters is 1. The molecule has 1 aromatic heterocycles. The minimum absolute atomic E-state index is 0.0315. The fraction of sp³-hybridized carbons (Fsp3) is 0.238. The standard InChI is InChI=1S/C21H19ClO5/c1-4-25-21(24)13(3)26-20-18(23)16-11-12(2)5-10-17(16)27-19(20)14-6-8-15(22)9-7-14/h5-11,13H,4H2,1-3H3. The Kier molecular flexibility index (Phi) is 5.51. The molecule has 5 nitrogen and oxygen atoms in total. The van der Waals surface area contributed by atoms with Gasteiger partial charge in [-0.3, -0.25) is 4.79 Å². The lowest BCUT2D eigenvalue weighted by atomic mass is 10.1. The molecule has 0 radical (unpaired) electrons. The normalized spacial score (nSPS) is 12.0. The average Bonchev–Trinajstić information content (AvgIpc) is 2.65. The highest BCUT2D eigenvalue weighted by Gasteiger charge is 2.23. The molecule has 0 fully saturated rings. The maximum absolute atomic E-state index is 13.1. The Morgan fingerprint density at radius 2 is 1.89 bits per heavy atom. The number of halogens is 1. The molecule has 27 heavy (non-hydrogen) atoms. The van der Waals surface area contributed by atoms with Crippen LogP contribution in [0.25, 0.3) is 22.3 Å². The summed E-state index contributed by atoms with van der Waals surface area (Å²) < 4.78 is 16.7. The zero-order valence-electron chi connectivity index (χ0n) is 15.2. The summed E-state index contributed by atoms with van der Waals surface area (Å²) in [5.41, 5.74) is 1.62. The number of rotatable bonds is 5. The van der Waals surface area contributed by atoms with E-state index in [-0.39, 0.29) is 23.5 Å². The number of carbonyl (C=O) groups excluding carboxylic acids is 1. The average molecular weight is 387 g/mol. The zero-order chi connectivity index (χ0) is 19.6. The molecule has 0 spiro atoms. The second kappa shape index (κ2) is 7.84. The van der Waals surface area contributed by atoms with Crippen LogP contribution in [0.15, 0.2) is 51.7 Å². The molecule has 1 heterocycles. The van der Waals surface area contributed by atoms with Gasteiger partial charge in [0.25, 0.3) is 0 Å². The summed E-state index contributed by atoms with van der Waals surface area (Å²) >= 11 is 5.96. The van der Waals surface area contributed by atoms with Crippen molar-refractivity contribution >= 4 is 28.5 Å². The first-order valence-electron chi connectivity index (χ1n) is 8.57. The van der Waals surface area contributed by atoms with Gasteiger partial charge in [0, 0.05) is 10.6 Å². The largest absolute Gasteiger partial charge is 0.471 e. The highest BCUT2D eigenvalue weighted by molar-refractivity contribution is 6.30. The van der Waals surface area contributed by atoms with Crippen LogP contribution in [0, 0.1) is 6.92 Å². The molecular formula is C21H19ClO5. The second-order valence-electron chi connectivity index (χ2n) is 6.11. The summed E-state index contributed by atoms with van der Waals surface area (Å²) in [4.78, 5) is 25.1. The topological polar surface area (TPSA) is 65.7 Å². The first-order valence-corrected chi connectivity index (χ1v) is 8.95. The van der Waals surface area contributed by atoms with E-state index < -0.39 is 12.1 Å². The number of ether oxygens (including phenoxy) is 2. The summed E-state index contributed by atoms with van der Waals surface area (Å²) in [5, 5.41) is 0.943. The maximum Gasteiger partial charge on any atom is 0.347 e. The number of carbonyl (C=O) groups is 1. The predicted molar refractivity (Wildman–Crippen MR) is 104 cm³/mol. The van der Waals surface area contributed by atoms with Crippen LogP contribution in [0.1, 0.15) is 19.4 Å². The van der Waals surface area contributed by atoms with E-state index >= 15 is 0 Å². The third-order valence-corrected chi connectivity index (χ3v) is 4.28. The van der Waals surface area contributed by atoms with Crippen LogP contribution in [0.3, 0.4) is 0 Å². The minimum atomic E-state index is -0.957. The Morgan fingerprint density at radius 3 is 2.56 bits per heavy atom. The van der Waals surface area contributed by atoms with Gasteiger partial charge in [0.05, 0.1) is 12.0 Å². The molecule has 2 aromatic carbocycles. The van der Waals surface area contributed by atoms with Crippen LogP contribution in [-0.2, 0) is 9.53 Å². The molecule has 1 atom stereocenters. The molecule has 0 N–H and O–H groups in total. The molecule has 3 aromatic rings. The number of fused-ring (bicyclic) bond motifs is 1. The Balaban J connectivity index is 2.19. The molecular weight excluding hydrogens is 368 g/mol. The summed E-state index contributed by atoms with van der Waals surface area (Å²) in [6.07, 6.45) is -0.957. The van der Waals surface area contributed by atoms with Crippen molar-refractivity contribution in [3.8, 4) is 17.1 Å². The van der Waals surface area contributed by atoms with Crippen LogP contribution in [0.4, 0.5) is 0 Å². The third-order valence-electron chi connectivity index (χ3n) is 4.02. The van der Waals surface area contributed by atoms with Gasteiger partial charge in [0.1, 0.15) is 5.58 Å². The molecule has 6 heteroatoms. The smallest absolute Gasteiger partial charge is 0.347 e. The minimum Gasteiger partial charge on any atom is -0.471 e. The van der Waals surface area contributed by atoms with Crippen LogP contribution in [0.2, 0.25) is 5.02 Å². The van der Waals surface area contributed by atoms with Gasteiger partial charge in [0.2, 0.25) is 11.2 Å². The van der Waals surface area contributed by atoms with E-state index in [0.29, 0.717) is 21.6 Å². The Morgan fingerprint density at radius 1 is 1.19 bits per heavy atom. The van der Waals surface area contributed by atoms with Crippen LogP contribution in [-0.4, -0.2) is 18.7 Å².